The quantitative estimate of drug-likeness (QED) is 0.469. The van der Waals surface area contributed by atoms with E-state index < -0.39 is 0 Å². The minimum Gasteiger partial charge on any atom is -0.326 e. The van der Waals surface area contributed by atoms with E-state index in [4.69, 9.17) is 4.98 Å². The van der Waals surface area contributed by atoms with Crippen LogP contribution in [-0.4, -0.2) is 43.7 Å². The lowest BCUT2D eigenvalue weighted by Crippen LogP contribution is -2.23. The smallest absolute Gasteiger partial charge is 0.326 e. The molecule has 5 rings (SSSR count). The van der Waals surface area contributed by atoms with Crippen molar-refractivity contribution in [3.8, 4) is 22.5 Å². The average molecular weight is 434 g/mol. The molecule has 0 spiro atoms. The molecule has 0 amide bonds. The van der Waals surface area contributed by atoms with Gasteiger partial charge in [-0.1, -0.05) is 6.07 Å². The molecule has 2 aromatic heterocycles. The van der Waals surface area contributed by atoms with Gasteiger partial charge in [0.2, 0.25) is 0 Å². The summed E-state index contributed by atoms with van der Waals surface area (Å²) in [5, 5.41) is 0. The molecule has 1 atom stereocenters. The molecule has 166 valence electrons. The Bertz CT molecular complexity index is 1330. The summed E-state index contributed by atoms with van der Waals surface area (Å²) in [4.78, 5) is 19.9. The second-order valence-corrected chi connectivity index (χ2v) is 8.54. The van der Waals surface area contributed by atoms with Crippen molar-refractivity contribution >= 4 is 11.0 Å². The van der Waals surface area contributed by atoms with Crippen molar-refractivity contribution in [1.82, 2.24) is 23.6 Å². The highest BCUT2D eigenvalue weighted by molar-refractivity contribution is 5.86. The summed E-state index contributed by atoms with van der Waals surface area (Å²) in [5.74, 6) is -0.263. The topological polar surface area (TPSA) is 48.0 Å². The lowest BCUT2D eigenvalue weighted by Gasteiger charge is -2.17. The van der Waals surface area contributed by atoms with E-state index in [2.05, 4.69) is 28.6 Å². The molecule has 1 aliphatic rings. The van der Waals surface area contributed by atoms with E-state index in [1.54, 1.807) is 12.1 Å². The Balaban J connectivity index is 1.74. The first-order chi connectivity index (χ1) is 15.5. The van der Waals surface area contributed by atoms with Gasteiger partial charge in [0, 0.05) is 36.8 Å². The first kappa shape index (κ1) is 20.7. The van der Waals surface area contributed by atoms with Gasteiger partial charge in [-0.2, -0.15) is 0 Å². The second kappa shape index (κ2) is 8.06. The second-order valence-electron chi connectivity index (χ2n) is 8.54. The SMILES string of the molecule is CCn1c(=O)n(CC)c2cc(-c3c(-c4ccc(F)cc4)ncn3C3CCN(C)C3)ccc21. The van der Waals surface area contributed by atoms with E-state index >= 15 is 0 Å². The van der Waals surface area contributed by atoms with Gasteiger partial charge in [-0.15, -0.1) is 0 Å². The number of imidazole rings is 2. The van der Waals surface area contributed by atoms with Gasteiger partial charge >= 0.3 is 5.69 Å². The van der Waals surface area contributed by atoms with Crippen molar-refractivity contribution in [2.24, 2.45) is 0 Å². The summed E-state index contributed by atoms with van der Waals surface area (Å²) >= 11 is 0. The van der Waals surface area contributed by atoms with Gasteiger partial charge in [-0.3, -0.25) is 9.13 Å². The summed E-state index contributed by atoms with van der Waals surface area (Å²) in [5.41, 5.74) is 5.63. The molecular weight excluding hydrogens is 405 g/mol. The molecule has 6 nitrogen and oxygen atoms in total. The van der Waals surface area contributed by atoms with Crippen LogP contribution in [0.5, 0.6) is 0 Å². The third-order valence-electron chi connectivity index (χ3n) is 6.60. The van der Waals surface area contributed by atoms with Crippen LogP contribution in [0, 0.1) is 5.82 Å². The molecule has 2 aromatic carbocycles. The van der Waals surface area contributed by atoms with E-state index in [1.165, 1.54) is 12.1 Å². The first-order valence-corrected chi connectivity index (χ1v) is 11.3. The first-order valence-electron chi connectivity index (χ1n) is 11.3. The molecule has 1 saturated heterocycles. The van der Waals surface area contributed by atoms with Gasteiger partial charge in [0.05, 0.1) is 28.7 Å². The van der Waals surface area contributed by atoms with Gasteiger partial charge in [0.25, 0.3) is 0 Å². The average Bonchev–Trinajstić information content (AvgIpc) is 3.48. The molecule has 0 saturated carbocycles. The number of nitrogens with zero attached hydrogens (tertiary/aromatic N) is 5. The third kappa shape index (κ3) is 3.28. The van der Waals surface area contributed by atoms with Crippen molar-refractivity contribution in [3.05, 3.63) is 65.1 Å². The van der Waals surface area contributed by atoms with Crippen LogP contribution in [0.4, 0.5) is 4.39 Å². The Kier molecular flexibility index (Phi) is 5.21. The van der Waals surface area contributed by atoms with Crippen LogP contribution in [0.2, 0.25) is 0 Å². The number of aryl methyl sites for hydroxylation is 2. The largest absolute Gasteiger partial charge is 0.329 e. The maximum absolute atomic E-state index is 13.6. The molecule has 7 heteroatoms. The molecule has 3 heterocycles. The van der Waals surface area contributed by atoms with Crippen molar-refractivity contribution in [2.45, 2.75) is 39.4 Å². The Hall–Kier alpha value is -3.19. The highest BCUT2D eigenvalue weighted by atomic mass is 19.1. The number of hydrogen-bond acceptors (Lipinski definition) is 3. The van der Waals surface area contributed by atoms with E-state index in [9.17, 15) is 9.18 Å². The standard InChI is InChI=1S/C25H28FN5O/c1-4-29-21-11-8-18(14-22(21)30(5-2)25(29)32)24-23(17-6-9-19(26)10-7-17)27-16-31(24)20-12-13-28(3)15-20/h6-11,14,16,20H,4-5,12-13,15H2,1-3H3. The zero-order valence-corrected chi connectivity index (χ0v) is 18.8. The Labute approximate surface area is 186 Å². The maximum atomic E-state index is 13.6. The fourth-order valence-electron chi connectivity index (χ4n) is 4.96. The van der Waals surface area contributed by atoms with Gasteiger partial charge in [-0.25, -0.2) is 14.2 Å². The Morgan fingerprint density at radius 3 is 2.34 bits per heavy atom. The summed E-state index contributed by atoms with van der Waals surface area (Å²) in [6, 6.07) is 13.0. The predicted molar refractivity (Wildman–Crippen MR) is 125 cm³/mol. The number of halogens is 1. The maximum Gasteiger partial charge on any atom is 0.329 e. The molecule has 0 radical (unpaired) electrons. The van der Waals surface area contributed by atoms with Gasteiger partial charge < -0.3 is 9.47 Å². The molecule has 0 aliphatic carbocycles. The minimum atomic E-state index is -0.263. The fraction of sp³-hybridized carbons (Fsp3) is 0.360. The number of fused-ring (bicyclic) bond motifs is 1. The zero-order chi connectivity index (χ0) is 22.4. The fourth-order valence-corrected chi connectivity index (χ4v) is 4.96. The molecule has 0 bridgehead atoms. The Morgan fingerprint density at radius 1 is 1.00 bits per heavy atom. The summed E-state index contributed by atoms with van der Waals surface area (Å²) < 4.78 is 19.5. The van der Waals surface area contributed by atoms with Crippen LogP contribution in [0.1, 0.15) is 26.3 Å². The van der Waals surface area contributed by atoms with Crippen LogP contribution < -0.4 is 5.69 Å². The predicted octanol–water partition coefficient (Wildman–Crippen LogP) is 4.39. The zero-order valence-electron chi connectivity index (χ0n) is 18.8. The van der Waals surface area contributed by atoms with Crippen molar-refractivity contribution in [3.63, 3.8) is 0 Å². The van der Waals surface area contributed by atoms with Crippen LogP contribution in [0.3, 0.4) is 0 Å². The summed E-state index contributed by atoms with van der Waals surface area (Å²) in [7, 11) is 2.14. The van der Waals surface area contributed by atoms with Crippen LogP contribution in [0.25, 0.3) is 33.5 Å². The number of likely N-dealkylation sites (tertiary alicyclic amines) is 1. The van der Waals surface area contributed by atoms with Crippen molar-refractivity contribution in [2.75, 3.05) is 20.1 Å². The van der Waals surface area contributed by atoms with Crippen LogP contribution in [0.15, 0.2) is 53.6 Å². The molecule has 0 N–H and O–H groups in total. The molecule has 1 aliphatic heterocycles. The number of likely N-dealkylation sites (N-methyl/N-ethyl adjacent to an activating group) is 1. The van der Waals surface area contributed by atoms with E-state index in [0.29, 0.717) is 19.1 Å². The van der Waals surface area contributed by atoms with Crippen molar-refractivity contribution < 1.29 is 4.39 Å². The van der Waals surface area contributed by atoms with Gasteiger partial charge in [-0.05, 0) is 70.3 Å². The lowest BCUT2D eigenvalue weighted by molar-refractivity contribution is 0.393. The minimum absolute atomic E-state index is 0.0202. The molecule has 4 aromatic rings. The normalized spacial score (nSPS) is 16.9. The van der Waals surface area contributed by atoms with Gasteiger partial charge in [0.1, 0.15) is 5.82 Å². The van der Waals surface area contributed by atoms with Gasteiger partial charge in [0.15, 0.2) is 0 Å². The highest BCUT2D eigenvalue weighted by Gasteiger charge is 2.26. The number of hydrogen-bond donors (Lipinski definition) is 0. The Morgan fingerprint density at radius 2 is 1.69 bits per heavy atom. The number of rotatable bonds is 5. The van der Waals surface area contributed by atoms with Crippen LogP contribution in [-0.2, 0) is 13.1 Å². The van der Waals surface area contributed by atoms with E-state index in [0.717, 1.165) is 53.1 Å². The number of aromatic nitrogens is 4. The molecule has 1 unspecified atom stereocenters. The third-order valence-corrected chi connectivity index (χ3v) is 6.60. The monoisotopic (exact) mass is 433 g/mol. The van der Waals surface area contributed by atoms with Crippen LogP contribution >= 0.6 is 0 Å². The lowest BCUT2D eigenvalue weighted by atomic mass is 10.0. The summed E-state index contributed by atoms with van der Waals surface area (Å²) in [6.45, 7) is 7.24. The molecule has 1 fully saturated rings. The highest BCUT2D eigenvalue weighted by Crippen LogP contribution is 2.36. The van der Waals surface area contributed by atoms with Crippen molar-refractivity contribution in [1.29, 1.82) is 0 Å². The summed E-state index contributed by atoms with van der Waals surface area (Å²) in [6.07, 6.45) is 2.96. The molecular formula is C25H28FN5O. The van der Waals surface area contributed by atoms with E-state index in [-0.39, 0.29) is 11.5 Å². The van der Waals surface area contributed by atoms with E-state index in [1.807, 2.05) is 35.4 Å². The number of benzene rings is 2. The molecule has 32 heavy (non-hydrogen) atoms.